The summed E-state index contributed by atoms with van der Waals surface area (Å²) in [6.45, 7) is 4.31. The largest absolute Gasteiger partial charge is 0.372 e. The number of anilines is 2. The van der Waals surface area contributed by atoms with Crippen molar-refractivity contribution in [2.24, 2.45) is 0 Å². The number of carbonyl (C=O) groups is 1. The maximum Gasteiger partial charge on any atom is 0.248 e. The van der Waals surface area contributed by atoms with Crippen molar-refractivity contribution in [2.75, 3.05) is 23.3 Å². The molecule has 2 aromatic carbocycles. The van der Waals surface area contributed by atoms with E-state index in [1.165, 1.54) is 30.5 Å². The minimum absolute atomic E-state index is 0.110. The molecule has 24 heavy (non-hydrogen) atoms. The summed E-state index contributed by atoms with van der Waals surface area (Å²) in [6.07, 6.45) is 7.27. The maximum absolute atomic E-state index is 12.0. The number of nitrogens with one attached hydrogen (secondary N) is 1. The average Bonchev–Trinajstić information content (AvgIpc) is 2.63. The highest BCUT2D eigenvalue weighted by Crippen LogP contribution is 2.21. The molecular weight excluding hydrogens is 296 g/mol. The van der Waals surface area contributed by atoms with Crippen molar-refractivity contribution < 1.29 is 4.79 Å². The molecule has 0 atom stereocenters. The summed E-state index contributed by atoms with van der Waals surface area (Å²) in [5, 5.41) is 2.91. The number of carbonyl (C=O) groups excluding carboxylic acids is 1. The molecule has 1 amide bonds. The Balaban J connectivity index is 1.57. The van der Waals surface area contributed by atoms with E-state index in [1.54, 1.807) is 6.08 Å². The van der Waals surface area contributed by atoms with E-state index >= 15 is 0 Å². The molecule has 1 aliphatic rings. The molecule has 1 heterocycles. The smallest absolute Gasteiger partial charge is 0.248 e. The van der Waals surface area contributed by atoms with E-state index < -0.39 is 0 Å². The van der Waals surface area contributed by atoms with Crippen molar-refractivity contribution in [3.05, 3.63) is 65.7 Å². The van der Waals surface area contributed by atoms with E-state index in [0.29, 0.717) is 0 Å². The van der Waals surface area contributed by atoms with Gasteiger partial charge in [0, 0.05) is 30.5 Å². The van der Waals surface area contributed by atoms with Gasteiger partial charge in [-0.2, -0.15) is 0 Å². The minimum atomic E-state index is -0.110. The van der Waals surface area contributed by atoms with Crippen LogP contribution in [0.15, 0.2) is 54.6 Å². The highest BCUT2D eigenvalue weighted by Gasteiger charge is 2.10. The lowest BCUT2D eigenvalue weighted by atomic mass is 10.1. The number of benzene rings is 2. The van der Waals surface area contributed by atoms with Crippen molar-refractivity contribution in [1.29, 1.82) is 0 Å². The number of piperidine rings is 1. The zero-order valence-corrected chi connectivity index (χ0v) is 14.2. The Bertz CT molecular complexity index is 696. The van der Waals surface area contributed by atoms with Crippen LogP contribution in [0, 0.1) is 6.92 Å². The SMILES string of the molecule is Cc1ccc(/C=C/C(=O)Nc2ccc(N3CCCCC3)cc2)cc1. The molecule has 124 valence electrons. The Morgan fingerprint density at radius 2 is 1.62 bits per heavy atom. The number of nitrogens with zero attached hydrogens (tertiary/aromatic N) is 1. The summed E-state index contributed by atoms with van der Waals surface area (Å²) in [6, 6.07) is 16.2. The quantitative estimate of drug-likeness (QED) is 0.833. The minimum Gasteiger partial charge on any atom is -0.372 e. The molecule has 3 nitrogen and oxygen atoms in total. The van der Waals surface area contributed by atoms with Crippen molar-refractivity contribution in [3.8, 4) is 0 Å². The van der Waals surface area contributed by atoms with E-state index in [2.05, 4.69) is 22.3 Å². The lowest BCUT2D eigenvalue weighted by Gasteiger charge is -2.28. The van der Waals surface area contributed by atoms with Crippen molar-refractivity contribution in [3.63, 3.8) is 0 Å². The van der Waals surface area contributed by atoms with Crippen LogP contribution in [0.4, 0.5) is 11.4 Å². The molecule has 3 rings (SSSR count). The molecule has 0 aliphatic carbocycles. The van der Waals surface area contributed by atoms with Crippen molar-refractivity contribution in [2.45, 2.75) is 26.2 Å². The van der Waals surface area contributed by atoms with Crippen LogP contribution in [0.3, 0.4) is 0 Å². The summed E-state index contributed by atoms with van der Waals surface area (Å²) in [4.78, 5) is 14.4. The number of hydrogen-bond donors (Lipinski definition) is 1. The van der Waals surface area contributed by atoms with Crippen LogP contribution in [0.5, 0.6) is 0 Å². The third-order valence-electron chi connectivity index (χ3n) is 4.36. The number of rotatable bonds is 4. The third-order valence-corrected chi connectivity index (χ3v) is 4.36. The first-order chi connectivity index (χ1) is 11.7. The number of amides is 1. The summed E-state index contributed by atoms with van der Waals surface area (Å²) in [7, 11) is 0. The first-order valence-electron chi connectivity index (χ1n) is 8.61. The Morgan fingerprint density at radius 3 is 2.29 bits per heavy atom. The van der Waals surface area contributed by atoms with Gasteiger partial charge in [-0.15, -0.1) is 0 Å². The van der Waals surface area contributed by atoms with Gasteiger partial charge in [0.25, 0.3) is 0 Å². The molecule has 1 saturated heterocycles. The van der Waals surface area contributed by atoms with E-state index in [9.17, 15) is 4.79 Å². The second kappa shape index (κ2) is 7.82. The predicted molar refractivity (Wildman–Crippen MR) is 101 cm³/mol. The van der Waals surface area contributed by atoms with Crippen LogP contribution in [-0.4, -0.2) is 19.0 Å². The lowest BCUT2D eigenvalue weighted by molar-refractivity contribution is -0.111. The average molecular weight is 320 g/mol. The summed E-state index contributed by atoms with van der Waals surface area (Å²) in [5.74, 6) is -0.110. The fraction of sp³-hybridized carbons (Fsp3) is 0.286. The van der Waals surface area contributed by atoms with Gasteiger partial charge in [0.15, 0.2) is 0 Å². The Kier molecular flexibility index (Phi) is 5.32. The number of aryl methyl sites for hydroxylation is 1. The molecule has 1 fully saturated rings. The summed E-state index contributed by atoms with van der Waals surface area (Å²) in [5.41, 5.74) is 4.30. The molecule has 3 heteroatoms. The standard InChI is InChI=1S/C21H24N2O/c1-17-5-7-18(8-6-17)9-14-21(24)22-19-10-12-20(13-11-19)23-15-3-2-4-16-23/h5-14H,2-4,15-16H2,1H3,(H,22,24)/b14-9+. The van der Waals surface area contributed by atoms with Gasteiger partial charge in [0.05, 0.1) is 0 Å². The zero-order valence-electron chi connectivity index (χ0n) is 14.2. The molecule has 1 N–H and O–H groups in total. The molecule has 0 saturated carbocycles. The van der Waals surface area contributed by atoms with Gasteiger partial charge in [-0.05, 0) is 62.1 Å². The maximum atomic E-state index is 12.0. The Hall–Kier alpha value is -2.55. The van der Waals surface area contributed by atoms with Gasteiger partial charge < -0.3 is 10.2 Å². The van der Waals surface area contributed by atoms with E-state index in [1.807, 2.05) is 49.4 Å². The summed E-state index contributed by atoms with van der Waals surface area (Å²) < 4.78 is 0. The zero-order chi connectivity index (χ0) is 16.8. The van der Waals surface area contributed by atoms with Crippen LogP contribution >= 0.6 is 0 Å². The molecule has 1 aliphatic heterocycles. The molecular formula is C21H24N2O. The fourth-order valence-electron chi connectivity index (χ4n) is 2.94. The van der Waals surface area contributed by atoms with Gasteiger partial charge >= 0.3 is 0 Å². The molecule has 0 radical (unpaired) electrons. The van der Waals surface area contributed by atoms with Crippen LogP contribution < -0.4 is 10.2 Å². The molecule has 0 spiro atoms. The van der Waals surface area contributed by atoms with Crippen molar-refractivity contribution >= 4 is 23.4 Å². The second-order valence-corrected chi connectivity index (χ2v) is 6.33. The Labute approximate surface area is 144 Å². The molecule has 0 bridgehead atoms. The van der Waals surface area contributed by atoms with E-state index in [4.69, 9.17) is 0 Å². The molecule has 2 aromatic rings. The van der Waals surface area contributed by atoms with Gasteiger partial charge in [0.2, 0.25) is 5.91 Å². The van der Waals surface area contributed by atoms with Crippen LogP contribution in [0.2, 0.25) is 0 Å². The normalized spacial score (nSPS) is 14.8. The monoisotopic (exact) mass is 320 g/mol. The summed E-state index contributed by atoms with van der Waals surface area (Å²) >= 11 is 0. The lowest BCUT2D eigenvalue weighted by Crippen LogP contribution is -2.29. The first-order valence-corrected chi connectivity index (χ1v) is 8.61. The second-order valence-electron chi connectivity index (χ2n) is 6.33. The predicted octanol–water partition coefficient (Wildman–Crippen LogP) is 4.64. The van der Waals surface area contributed by atoms with E-state index in [0.717, 1.165) is 24.3 Å². The van der Waals surface area contributed by atoms with Gasteiger partial charge in [0.1, 0.15) is 0 Å². The van der Waals surface area contributed by atoms with Crippen LogP contribution in [-0.2, 0) is 4.79 Å². The first kappa shape index (κ1) is 16.3. The fourth-order valence-corrected chi connectivity index (χ4v) is 2.94. The van der Waals surface area contributed by atoms with Gasteiger partial charge in [-0.25, -0.2) is 0 Å². The Morgan fingerprint density at radius 1 is 0.958 bits per heavy atom. The molecule has 0 unspecified atom stereocenters. The van der Waals surface area contributed by atoms with Crippen LogP contribution in [0.25, 0.3) is 6.08 Å². The number of hydrogen-bond acceptors (Lipinski definition) is 2. The van der Waals surface area contributed by atoms with Gasteiger partial charge in [-0.3, -0.25) is 4.79 Å². The topological polar surface area (TPSA) is 32.3 Å². The van der Waals surface area contributed by atoms with E-state index in [-0.39, 0.29) is 5.91 Å². The molecule has 0 aromatic heterocycles. The third kappa shape index (κ3) is 4.48. The van der Waals surface area contributed by atoms with Crippen molar-refractivity contribution in [1.82, 2.24) is 0 Å². The van der Waals surface area contributed by atoms with Gasteiger partial charge in [-0.1, -0.05) is 29.8 Å². The highest BCUT2D eigenvalue weighted by molar-refractivity contribution is 6.02. The van der Waals surface area contributed by atoms with Crippen LogP contribution in [0.1, 0.15) is 30.4 Å². The highest BCUT2D eigenvalue weighted by atomic mass is 16.1.